The highest BCUT2D eigenvalue weighted by atomic mass is 35.5. The lowest BCUT2D eigenvalue weighted by Gasteiger charge is -2.30. The van der Waals surface area contributed by atoms with Gasteiger partial charge in [-0.15, -0.1) is 12.4 Å². The molecule has 2 aromatic rings. The molecular formula is C19H23ClN2OS. The lowest BCUT2D eigenvalue weighted by molar-refractivity contribution is 0.0911. The molecule has 24 heavy (non-hydrogen) atoms. The molecule has 0 radical (unpaired) electrons. The largest absolute Gasteiger partial charge is 0.349 e. The molecule has 0 saturated carbocycles. The van der Waals surface area contributed by atoms with Gasteiger partial charge in [-0.25, -0.2) is 0 Å². The van der Waals surface area contributed by atoms with E-state index in [-0.39, 0.29) is 24.4 Å². The molecule has 2 N–H and O–H groups in total. The Labute approximate surface area is 154 Å². The molecule has 2 unspecified atom stereocenters. The third-order valence-electron chi connectivity index (χ3n) is 4.20. The molecule has 2 aromatic carbocycles. The predicted octanol–water partition coefficient (Wildman–Crippen LogP) is 3.99. The number of hydrogen-bond acceptors (Lipinski definition) is 3. The van der Waals surface area contributed by atoms with Crippen molar-refractivity contribution < 1.29 is 4.79 Å². The molecule has 1 aliphatic heterocycles. The van der Waals surface area contributed by atoms with Gasteiger partial charge in [-0.2, -0.15) is 0 Å². The fourth-order valence-electron chi connectivity index (χ4n) is 2.83. The van der Waals surface area contributed by atoms with E-state index in [1.807, 2.05) is 42.5 Å². The Bertz CT molecular complexity index is 665. The summed E-state index contributed by atoms with van der Waals surface area (Å²) in [6.45, 7) is 4.11. The van der Waals surface area contributed by atoms with Crippen LogP contribution in [0, 0.1) is 5.92 Å². The third kappa shape index (κ3) is 4.76. The van der Waals surface area contributed by atoms with E-state index < -0.39 is 0 Å². The molecule has 1 fully saturated rings. The van der Waals surface area contributed by atoms with Crippen LogP contribution in [0.5, 0.6) is 0 Å². The number of nitrogens with one attached hydrogen (secondary N) is 2. The van der Waals surface area contributed by atoms with Gasteiger partial charge in [0.1, 0.15) is 0 Å². The Kier molecular flexibility index (Phi) is 7.16. The van der Waals surface area contributed by atoms with Crippen LogP contribution in [-0.2, 0) is 0 Å². The Morgan fingerprint density at radius 2 is 1.83 bits per heavy atom. The first-order chi connectivity index (χ1) is 11.2. The minimum absolute atomic E-state index is 0. The van der Waals surface area contributed by atoms with E-state index >= 15 is 0 Å². The summed E-state index contributed by atoms with van der Waals surface area (Å²) >= 11 is 1.63. The summed E-state index contributed by atoms with van der Waals surface area (Å²) in [6, 6.07) is 18.2. The Morgan fingerprint density at radius 1 is 1.12 bits per heavy atom. The van der Waals surface area contributed by atoms with E-state index in [0.29, 0.717) is 5.92 Å². The predicted molar refractivity (Wildman–Crippen MR) is 102 cm³/mol. The zero-order chi connectivity index (χ0) is 16.1. The summed E-state index contributed by atoms with van der Waals surface area (Å²) in [6.07, 6.45) is 0.987. The Morgan fingerprint density at radius 3 is 2.58 bits per heavy atom. The molecule has 1 heterocycles. The molecule has 5 heteroatoms. The number of benzene rings is 2. The first-order valence-electron chi connectivity index (χ1n) is 8.07. The van der Waals surface area contributed by atoms with Gasteiger partial charge in [0.05, 0.1) is 5.56 Å². The lowest BCUT2D eigenvalue weighted by atomic mass is 9.95. The average molecular weight is 363 g/mol. The molecule has 0 spiro atoms. The molecule has 3 rings (SSSR count). The number of carbonyl (C=O) groups excluding carboxylic acids is 1. The second-order valence-corrected chi connectivity index (χ2v) is 7.08. The van der Waals surface area contributed by atoms with Crippen molar-refractivity contribution in [2.24, 2.45) is 5.92 Å². The number of rotatable bonds is 4. The van der Waals surface area contributed by atoms with Gasteiger partial charge in [0, 0.05) is 15.8 Å². The minimum Gasteiger partial charge on any atom is -0.349 e. The lowest BCUT2D eigenvalue weighted by Crippen LogP contribution is -2.48. The molecule has 0 aliphatic carbocycles. The van der Waals surface area contributed by atoms with Crippen LogP contribution in [-0.4, -0.2) is 25.0 Å². The summed E-state index contributed by atoms with van der Waals surface area (Å²) < 4.78 is 0. The van der Waals surface area contributed by atoms with Gasteiger partial charge in [0.25, 0.3) is 5.91 Å². The maximum atomic E-state index is 12.7. The molecule has 0 bridgehead atoms. The van der Waals surface area contributed by atoms with Crippen molar-refractivity contribution in [2.45, 2.75) is 29.2 Å². The smallest absolute Gasteiger partial charge is 0.252 e. The first-order valence-corrected chi connectivity index (χ1v) is 8.89. The fraction of sp³-hybridized carbons (Fsp3) is 0.316. The SMILES string of the molecule is CC1CNCCC1NC(=O)c1ccccc1Sc1ccccc1.Cl. The minimum atomic E-state index is 0. The maximum absolute atomic E-state index is 12.7. The van der Waals surface area contributed by atoms with Crippen molar-refractivity contribution in [3.05, 3.63) is 60.2 Å². The average Bonchev–Trinajstić information content (AvgIpc) is 2.58. The molecular weight excluding hydrogens is 340 g/mol. The number of piperidine rings is 1. The van der Waals surface area contributed by atoms with E-state index in [1.54, 1.807) is 11.8 Å². The van der Waals surface area contributed by atoms with Crippen molar-refractivity contribution >= 4 is 30.1 Å². The highest BCUT2D eigenvalue weighted by Crippen LogP contribution is 2.30. The highest BCUT2D eigenvalue weighted by molar-refractivity contribution is 7.99. The summed E-state index contributed by atoms with van der Waals surface area (Å²) in [7, 11) is 0. The number of halogens is 1. The van der Waals surface area contributed by atoms with Gasteiger partial charge >= 0.3 is 0 Å². The van der Waals surface area contributed by atoms with Gasteiger partial charge in [0.2, 0.25) is 0 Å². The van der Waals surface area contributed by atoms with E-state index in [4.69, 9.17) is 0 Å². The van der Waals surface area contributed by atoms with Crippen molar-refractivity contribution in [3.63, 3.8) is 0 Å². The fourth-order valence-corrected chi connectivity index (χ4v) is 3.80. The molecule has 1 amide bonds. The molecule has 1 aliphatic rings. The normalized spacial score (nSPS) is 20.0. The first kappa shape index (κ1) is 18.8. The van der Waals surface area contributed by atoms with Crippen molar-refractivity contribution in [2.75, 3.05) is 13.1 Å². The second kappa shape index (κ2) is 9.11. The van der Waals surface area contributed by atoms with Crippen LogP contribution in [0.3, 0.4) is 0 Å². The van der Waals surface area contributed by atoms with Crippen LogP contribution in [0.4, 0.5) is 0 Å². The monoisotopic (exact) mass is 362 g/mol. The van der Waals surface area contributed by atoms with Crippen molar-refractivity contribution in [1.29, 1.82) is 0 Å². The second-order valence-electron chi connectivity index (χ2n) is 5.96. The standard InChI is InChI=1S/C19H22N2OS.ClH/c1-14-13-20-12-11-17(14)21-19(22)16-9-5-6-10-18(16)23-15-7-3-2-4-8-15;/h2-10,14,17,20H,11-13H2,1H3,(H,21,22);1H. The molecule has 2 atom stereocenters. The molecule has 0 aromatic heterocycles. The van der Waals surface area contributed by atoms with Crippen LogP contribution in [0.15, 0.2) is 64.4 Å². The number of hydrogen-bond donors (Lipinski definition) is 2. The van der Waals surface area contributed by atoms with E-state index in [2.05, 4.69) is 29.7 Å². The van der Waals surface area contributed by atoms with Crippen LogP contribution >= 0.6 is 24.2 Å². The highest BCUT2D eigenvalue weighted by Gasteiger charge is 2.23. The maximum Gasteiger partial charge on any atom is 0.252 e. The Balaban J connectivity index is 0.00000208. The molecule has 1 saturated heterocycles. The van der Waals surface area contributed by atoms with E-state index in [0.717, 1.165) is 34.9 Å². The zero-order valence-electron chi connectivity index (χ0n) is 13.7. The zero-order valence-corrected chi connectivity index (χ0v) is 15.3. The molecule has 128 valence electrons. The van der Waals surface area contributed by atoms with Gasteiger partial charge < -0.3 is 10.6 Å². The van der Waals surface area contributed by atoms with Crippen LogP contribution < -0.4 is 10.6 Å². The van der Waals surface area contributed by atoms with Gasteiger partial charge in [-0.05, 0) is 49.7 Å². The summed E-state index contributed by atoms with van der Waals surface area (Å²) in [5.41, 5.74) is 0.757. The van der Waals surface area contributed by atoms with Crippen LogP contribution in [0.2, 0.25) is 0 Å². The Hall–Kier alpha value is -1.49. The number of amides is 1. The van der Waals surface area contributed by atoms with Crippen LogP contribution in [0.1, 0.15) is 23.7 Å². The summed E-state index contributed by atoms with van der Waals surface area (Å²) in [4.78, 5) is 14.9. The van der Waals surface area contributed by atoms with Crippen LogP contribution in [0.25, 0.3) is 0 Å². The van der Waals surface area contributed by atoms with E-state index in [1.165, 1.54) is 0 Å². The third-order valence-corrected chi connectivity index (χ3v) is 5.29. The van der Waals surface area contributed by atoms with Gasteiger partial charge in [-0.1, -0.05) is 49.0 Å². The number of carbonyl (C=O) groups is 1. The quantitative estimate of drug-likeness (QED) is 0.864. The summed E-state index contributed by atoms with van der Waals surface area (Å²) in [5.74, 6) is 0.490. The van der Waals surface area contributed by atoms with Crippen molar-refractivity contribution in [3.8, 4) is 0 Å². The van der Waals surface area contributed by atoms with Crippen molar-refractivity contribution in [1.82, 2.24) is 10.6 Å². The molecule has 3 nitrogen and oxygen atoms in total. The van der Waals surface area contributed by atoms with Gasteiger partial charge in [0.15, 0.2) is 0 Å². The summed E-state index contributed by atoms with van der Waals surface area (Å²) in [5, 5.41) is 6.58. The van der Waals surface area contributed by atoms with E-state index in [9.17, 15) is 4.79 Å². The van der Waals surface area contributed by atoms with Gasteiger partial charge in [-0.3, -0.25) is 4.79 Å². The topological polar surface area (TPSA) is 41.1 Å².